The summed E-state index contributed by atoms with van der Waals surface area (Å²) in [6.45, 7) is 0.692. The number of aromatic nitrogens is 2. The van der Waals surface area contributed by atoms with Crippen molar-refractivity contribution in [3.05, 3.63) is 41.6 Å². The Hall–Kier alpha value is -2.30. The normalized spacial score (nSPS) is 19.6. The molecular formula is C18H21N3O2. The first-order valence-corrected chi connectivity index (χ1v) is 8.19. The quantitative estimate of drug-likeness (QED) is 0.920. The minimum atomic E-state index is 0.422. The van der Waals surface area contributed by atoms with Crippen LogP contribution in [-0.2, 0) is 12.8 Å². The minimum Gasteiger partial charge on any atom is -0.493 e. The Morgan fingerprint density at radius 3 is 2.87 bits per heavy atom. The first-order valence-electron chi connectivity index (χ1n) is 8.19. The van der Waals surface area contributed by atoms with Gasteiger partial charge in [0.25, 0.3) is 0 Å². The number of hydrogen-bond acceptors (Lipinski definition) is 5. The third-order valence-corrected chi connectivity index (χ3v) is 4.40. The second kappa shape index (κ2) is 6.07. The largest absolute Gasteiger partial charge is 0.493 e. The molecule has 1 aromatic carbocycles. The second-order valence-corrected chi connectivity index (χ2v) is 6.36. The number of methoxy groups -OCH3 is 1. The zero-order chi connectivity index (χ0) is 15.6. The molecule has 1 saturated carbocycles. The fourth-order valence-electron chi connectivity index (χ4n) is 3.03. The Labute approximate surface area is 136 Å². The van der Waals surface area contributed by atoms with E-state index in [1.54, 1.807) is 7.11 Å². The molecule has 2 heterocycles. The lowest BCUT2D eigenvalue weighted by Gasteiger charge is -2.26. The monoisotopic (exact) mass is 311 g/mol. The van der Waals surface area contributed by atoms with E-state index in [9.17, 15) is 0 Å². The number of hydrogen-bond donors (Lipinski definition) is 1. The van der Waals surface area contributed by atoms with E-state index in [0.717, 1.165) is 35.9 Å². The van der Waals surface area contributed by atoms with Crippen LogP contribution >= 0.6 is 0 Å². The van der Waals surface area contributed by atoms with Crippen molar-refractivity contribution in [1.29, 1.82) is 0 Å². The van der Waals surface area contributed by atoms with Gasteiger partial charge >= 0.3 is 0 Å². The fraction of sp³-hybridized carbons (Fsp3) is 0.444. The van der Waals surface area contributed by atoms with Gasteiger partial charge in [-0.1, -0.05) is 12.1 Å². The van der Waals surface area contributed by atoms with E-state index in [0.29, 0.717) is 18.6 Å². The summed E-state index contributed by atoms with van der Waals surface area (Å²) in [5.41, 5.74) is 2.23. The molecule has 0 bridgehead atoms. The summed E-state index contributed by atoms with van der Waals surface area (Å²) in [6.07, 6.45) is 4.35. The van der Waals surface area contributed by atoms with Crippen molar-refractivity contribution >= 4 is 5.82 Å². The average molecular weight is 311 g/mol. The summed E-state index contributed by atoms with van der Waals surface area (Å²) < 4.78 is 11.3. The number of benzene rings is 1. The molecule has 1 aliphatic carbocycles. The van der Waals surface area contributed by atoms with Crippen LogP contribution in [0.2, 0.25) is 0 Å². The number of fused-ring (bicyclic) bond motifs is 1. The summed E-state index contributed by atoms with van der Waals surface area (Å²) in [4.78, 5) is 0. The van der Waals surface area contributed by atoms with Crippen molar-refractivity contribution in [2.75, 3.05) is 19.0 Å². The maximum atomic E-state index is 5.93. The molecule has 0 saturated heterocycles. The summed E-state index contributed by atoms with van der Waals surface area (Å²) >= 11 is 0. The molecule has 0 amide bonds. The molecule has 2 aliphatic rings. The van der Waals surface area contributed by atoms with Gasteiger partial charge in [0, 0.05) is 12.0 Å². The van der Waals surface area contributed by atoms with Gasteiger partial charge in [0.05, 0.1) is 19.4 Å². The highest BCUT2D eigenvalue weighted by molar-refractivity contribution is 5.47. The summed E-state index contributed by atoms with van der Waals surface area (Å²) in [6, 6.07) is 10.8. The van der Waals surface area contributed by atoms with Crippen LogP contribution in [0.15, 0.2) is 30.3 Å². The van der Waals surface area contributed by atoms with E-state index < -0.39 is 0 Å². The first-order chi connectivity index (χ1) is 11.3. The topological polar surface area (TPSA) is 56.3 Å². The summed E-state index contributed by atoms with van der Waals surface area (Å²) in [7, 11) is 1.68. The molecule has 1 fully saturated rings. The van der Waals surface area contributed by atoms with Crippen molar-refractivity contribution < 1.29 is 9.47 Å². The van der Waals surface area contributed by atoms with Crippen LogP contribution in [0.25, 0.3) is 0 Å². The van der Waals surface area contributed by atoms with Gasteiger partial charge in [0.15, 0.2) is 11.5 Å². The molecule has 23 heavy (non-hydrogen) atoms. The van der Waals surface area contributed by atoms with Gasteiger partial charge in [-0.3, -0.25) is 0 Å². The highest BCUT2D eigenvalue weighted by Crippen LogP contribution is 2.36. The van der Waals surface area contributed by atoms with Crippen LogP contribution in [-0.4, -0.2) is 30.0 Å². The first kappa shape index (κ1) is 14.3. The summed E-state index contributed by atoms with van der Waals surface area (Å²) in [5, 5.41) is 12.0. The highest BCUT2D eigenvalue weighted by Gasteiger charge is 2.24. The fourth-order valence-corrected chi connectivity index (χ4v) is 3.03. The van der Waals surface area contributed by atoms with Crippen molar-refractivity contribution in [2.24, 2.45) is 5.92 Å². The van der Waals surface area contributed by atoms with Crippen LogP contribution in [0.3, 0.4) is 0 Å². The Balaban J connectivity index is 1.41. The van der Waals surface area contributed by atoms with Crippen molar-refractivity contribution in [3.63, 3.8) is 0 Å². The predicted molar refractivity (Wildman–Crippen MR) is 88.1 cm³/mol. The number of nitrogens with one attached hydrogen (secondary N) is 1. The Morgan fingerprint density at radius 1 is 1.22 bits per heavy atom. The van der Waals surface area contributed by atoms with Gasteiger partial charge in [0.2, 0.25) is 0 Å². The Morgan fingerprint density at radius 2 is 2.13 bits per heavy atom. The standard InChI is InChI=1S/C18H21N3O2/c1-22-16-4-2-3-13-9-12(11-23-18(13)16)10-15-7-8-17(21-20-15)19-14-5-6-14/h2-4,7-8,12,14H,5-6,9-11H2,1H3,(H,19,21). The van der Waals surface area contributed by atoms with Gasteiger partial charge in [-0.05, 0) is 49.4 Å². The molecular weight excluding hydrogens is 290 g/mol. The van der Waals surface area contributed by atoms with Crippen LogP contribution in [0.5, 0.6) is 11.5 Å². The Bertz CT molecular complexity index is 683. The number of anilines is 1. The van der Waals surface area contributed by atoms with Gasteiger partial charge in [-0.25, -0.2) is 0 Å². The third kappa shape index (κ3) is 3.23. The SMILES string of the molecule is COc1cccc2c1OCC(Cc1ccc(NC3CC3)nn1)C2. The van der Waals surface area contributed by atoms with Crippen molar-refractivity contribution in [1.82, 2.24) is 10.2 Å². The van der Waals surface area contributed by atoms with Gasteiger partial charge < -0.3 is 14.8 Å². The third-order valence-electron chi connectivity index (χ3n) is 4.40. The molecule has 1 N–H and O–H groups in total. The smallest absolute Gasteiger partial charge is 0.164 e. The van der Waals surface area contributed by atoms with Gasteiger partial charge in [0.1, 0.15) is 5.82 Å². The molecule has 5 nitrogen and oxygen atoms in total. The highest BCUT2D eigenvalue weighted by atomic mass is 16.5. The summed E-state index contributed by atoms with van der Waals surface area (Å²) in [5.74, 6) is 3.01. The lowest BCUT2D eigenvalue weighted by Crippen LogP contribution is -2.23. The molecule has 5 heteroatoms. The zero-order valence-electron chi connectivity index (χ0n) is 13.3. The molecule has 1 aliphatic heterocycles. The van der Waals surface area contributed by atoms with E-state index in [-0.39, 0.29) is 0 Å². The van der Waals surface area contributed by atoms with Crippen LogP contribution in [0.4, 0.5) is 5.82 Å². The Kier molecular flexibility index (Phi) is 3.77. The van der Waals surface area contributed by atoms with Gasteiger partial charge in [-0.2, -0.15) is 5.10 Å². The number of para-hydroxylation sites is 1. The van der Waals surface area contributed by atoms with Crippen LogP contribution in [0.1, 0.15) is 24.1 Å². The number of nitrogens with zero attached hydrogens (tertiary/aromatic N) is 2. The molecule has 1 atom stereocenters. The predicted octanol–water partition coefficient (Wildman–Crippen LogP) is 2.85. The van der Waals surface area contributed by atoms with Crippen LogP contribution < -0.4 is 14.8 Å². The molecule has 1 unspecified atom stereocenters. The molecule has 4 rings (SSSR count). The van der Waals surface area contributed by atoms with E-state index in [1.165, 1.54) is 18.4 Å². The van der Waals surface area contributed by atoms with E-state index in [2.05, 4.69) is 27.6 Å². The van der Waals surface area contributed by atoms with Crippen molar-refractivity contribution in [3.8, 4) is 11.5 Å². The van der Waals surface area contributed by atoms with E-state index in [1.807, 2.05) is 18.2 Å². The maximum Gasteiger partial charge on any atom is 0.164 e. The molecule has 1 aromatic heterocycles. The number of ether oxygens (including phenoxy) is 2. The molecule has 2 aromatic rings. The van der Waals surface area contributed by atoms with Crippen molar-refractivity contribution in [2.45, 2.75) is 31.7 Å². The molecule has 120 valence electrons. The zero-order valence-corrected chi connectivity index (χ0v) is 13.3. The van der Waals surface area contributed by atoms with E-state index >= 15 is 0 Å². The second-order valence-electron chi connectivity index (χ2n) is 6.36. The van der Waals surface area contributed by atoms with Gasteiger partial charge in [-0.15, -0.1) is 5.10 Å². The average Bonchev–Trinajstić information content (AvgIpc) is 3.40. The van der Waals surface area contributed by atoms with Crippen LogP contribution in [0, 0.1) is 5.92 Å². The maximum absolute atomic E-state index is 5.93. The lowest BCUT2D eigenvalue weighted by atomic mass is 9.92. The van der Waals surface area contributed by atoms with E-state index in [4.69, 9.17) is 9.47 Å². The molecule has 0 radical (unpaired) electrons. The minimum absolute atomic E-state index is 0.422. The number of rotatable bonds is 5. The lowest BCUT2D eigenvalue weighted by molar-refractivity contribution is 0.210. The molecule has 0 spiro atoms.